The number of nitrogens with one attached hydrogen (secondary N) is 2. The van der Waals surface area contributed by atoms with Crippen LogP contribution in [0, 0.1) is 11.8 Å². The molecule has 0 aliphatic carbocycles. The average Bonchev–Trinajstić information content (AvgIpc) is 2.44. The van der Waals surface area contributed by atoms with Crippen molar-refractivity contribution in [3.8, 4) is 0 Å². The van der Waals surface area contributed by atoms with Gasteiger partial charge in [0.05, 0.1) is 6.04 Å². The number of amides is 1. The summed E-state index contributed by atoms with van der Waals surface area (Å²) in [7, 11) is 2.06. The minimum absolute atomic E-state index is 0.0242. The van der Waals surface area contributed by atoms with E-state index >= 15 is 0 Å². The third-order valence-electron chi connectivity index (χ3n) is 4.41. The molecule has 1 heterocycles. The van der Waals surface area contributed by atoms with Gasteiger partial charge in [-0.3, -0.25) is 9.69 Å². The molecule has 0 bridgehead atoms. The lowest BCUT2D eigenvalue weighted by molar-refractivity contribution is -0.125. The van der Waals surface area contributed by atoms with Gasteiger partial charge in [0.25, 0.3) is 0 Å². The van der Waals surface area contributed by atoms with Gasteiger partial charge in [-0.25, -0.2) is 0 Å². The molecule has 1 saturated heterocycles. The van der Waals surface area contributed by atoms with E-state index in [9.17, 15) is 4.79 Å². The number of nitrogens with zero attached hydrogens (tertiary/aromatic N) is 1. The van der Waals surface area contributed by atoms with E-state index < -0.39 is 0 Å². The maximum absolute atomic E-state index is 12.1. The molecule has 0 saturated carbocycles. The Balaban J connectivity index is 2.19. The van der Waals surface area contributed by atoms with Crippen molar-refractivity contribution in [2.45, 2.75) is 52.5 Å². The molecule has 0 aromatic rings. The Morgan fingerprint density at radius 1 is 1.30 bits per heavy atom. The molecule has 0 aromatic heterocycles. The number of rotatable bonds is 8. The number of carbonyl (C=O) groups is 1. The van der Waals surface area contributed by atoms with Crippen LogP contribution in [0.1, 0.15) is 46.5 Å². The van der Waals surface area contributed by atoms with Crippen LogP contribution in [0.5, 0.6) is 0 Å². The summed E-state index contributed by atoms with van der Waals surface area (Å²) >= 11 is 0. The Morgan fingerprint density at radius 2 is 1.95 bits per heavy atom. The highest BCUT2D eigenvalue weighted by Crippen LogP contribution is 2.16. The quantitative estimate of drug-likeness (QED) is 0.714. The molecular weight excluding hydrogens is 250 g/mol. The van der Waals surface area contributed by atoms with E-state index in [4.69, 9.17) is 0 Å². The second-order valence-electron chi connectivity index (χ2n) is 6.61. The number of likely N-dealkylation sites (N-methyl/N-ethyl adjacent to an activating group) is 1. The molecule has 4 heteroatoms. The highest BCUT2D eigenvalue weighted by atomic mass is 16.2. The minimum Gasteiger partial charge on any atom is -0.355 e. The lowest BCUT2D eigenvalue weighted by atomic mass is 9.94. The average molecular weight is 283 g/mol. The van der Waals surface area contributed by atoms with Crippen molar-refractivity contribution in [2.75, 3.05) is 33.2 Å². The molecule has 2 N–H and O–H groups in total. The third kappa shape index (κ3) is 6.71. The SMILES string of the molecule is CC(C)CCNC(=O)C(C)N(C)CCC1CCNCC1. The number of carbonyl (C=O) groups excluding carboxylic acids is 1. The summed E-state index contributed by atoms with van der Waals surface area (Å²) in [6, 6.07) is -0.0242. The van der Waals surface area contributed by atoms with Crippen LogP contribution in [0.4, 0.5) is 0 Å². The number of hydrogen-bond acceptors (Lipinski definition) is 3. The predicted molar refractivity (Wildman–Crippen MR) is 84.8 cm³/mol. The Bertz CT molecular complexity index is 275. The second kappa shape index (κ2) is 9.35. The van der Waals surface area contributed by atoms with Crippen LogP contribution in [0.3, 0.4) is 0 Å². The van der Waals surface area contributed by atoms with Gasteiger partial charge < -0.3 is 10.6 Å². The zero-order valence-corrected chi connectivity index (χ0v) is 13.7. The molecule has 1 amide bonds. The monoisotopic (exact) mass is 283 g/mol. The van der Waals surface area contributed by atoms with E-state index in [1.807, 2.05) is 6.92 Å². The summed E-state index contributed by atoms with van der Waals surface area (Å²) in [6.07, 6.45) is 4.82. The fraction of sp³-hybridized carbons (Fsp3) is 0.938. The van der Waals surface area contributed by atoms with Crippen molar-refractivity contribution < 1.29 is 4.79 Å². The van der Waals surface area contributed by atoms with E-state index in [1.165, 1.54) is 19.3 Å². The fourth-order valence-corrected chi connectivity index (χ4v) is 2.58. The van der Waals surface area contributed by atoms with E-state index in [0.29, 0.717) is 5.92 Å². The van der Waals surface area contributed by atoms with Gasteiger partial charge in [0, 0.05) is 6.54 Å². The maximum atomic E-state index is 12.1. The zero-order chi connectivity index (χ0) is 15.0. The molecule has 0 radical (unpaired) electrons. The van der Waals surface area contributed by atoms with Crippen LogP contribution >= 0.6 is 0 Å². The molecule has 1 unspecified atom stereocenters. The normalized spacial score (nSPS) is 18.5. The lowest BCUT2D eigenvalue weighted by Crippen LogP contribution is -2.44. The van der Waals surface area contributed by atoms with Crippen LogP contribution in [-0.2, 0) is 4.79 Å². The van der Waals surface area contributed by atoms with Crippen molar-refractivity contribution in [3.05, 3.63) is 0 Å². The molecule has 1 rings (SSSR count). The van der Waals surface area contributed by atoms with Gasteiger partial charge in [-0.1, -0.05) is 13.8 Å². The lowest BCUT2D eigenvalue weighted by Gasteiger charge is -2.28. The van der Waals surface area contributed by atoms with Crippen LogP contribution < -0.4 is 10.6 Å². The molecule has 4 nitrogen and oxygen atoms in total. The van der Waals surface area contributed by atoms with Crippen molar-refractivity contribution in [1.82, 2.24) is 15.5 Å². The first kappa shape index (κ1) is 17.4. The van der Waals surface area contributed by atoms with E-state index in [1.54, 1.807) is 0 Å². The molecule has 0 spiro atoms. The van der Waals surface area contributed by atoms with Gasteiger partial charge in [0.1, 0.15) is 0 Å². The minimum atomic E-state index is -0.0242. The molecule has 1 atom stereocenters. The van der Waals surface area contributed by atoms with Gasteiger partial charge in [-0.2, -0.15) is 0 Å². The van der Waals surface area contributed by atoms with Crippen molar-refractivity contribution in [3.63, 3.8) is 0 Å². The van der Waals surface area contributed by atoms with E-state index in [0.717, 1.165) is 38.5 Å². The summed E-state index contributed by atoms with van der Waals surface area (Å²) in [4.78, 5) is 14.2. The Hall–Kier alpha value is -0.610. The molecule has 0 aromatic carbocycles. The first-order valence-electron chi connectivity index (χ1n) is 8.19. The molecule has 1 aliphatic rings. The summed E-state index contributed by atoms with van der Waals surface area (Å²) in [5, 5.41) is 6.44. The van der Waals surface area contributed by atoms with Gasteiger partial charge in [-0.15, -0.1) is 0 Å². The maximum Gasteiger partial charge on any atom is 0.237 e. The predicted octanol–water partition coefficient (Wildman–Crippen LogP) is 1.86. The van der Waals surface area contributed by atoms with Crippen LogP contribution in [0.2, 0.25) is 0 Å². The zero-order valence-electron chi connectivity index (χ0n) is 13.7. The van der Waals surface area contributed by atoms with Crippen LogP contribution in [0.25, 0.3) is 0 Å². The summed E-state index contributed by atoms with van der Waals surface area (Å²) in [5.41, 5.74) is 0. The Morgan fingerprint density at radius 3 is 2.55 bits per heavy atom. The molecule has 1 fully saturated rings. The van der Waals surface area contributed by atoms with Gasteiger partial charge in [0.15, 0.2) is 0 Å². The molecule has 1 aliphatic heterocycles. The van der Waals surface area contributed by atoms with E-state index in [2.05, 4.69) is 36.4 Å². The van der Waals surface area contributed by atoms with Crippen molar-refractivity contribution in [2.24, 2.45) is 11.8 Å². The number of hydrogen-bond donors (Lipinski definition) is 2. The summed E-state index contributed by atoms with van der Waals surface area (Å²) < 4.78 is 0. The van der Waals surface area contributed by atoms with Gasteiger partial charge in [0.2, 0.25) is 5.91 Å². The molecule has 118 valence electrons. The first-order chi connectivity index (χ1) is 9.50. The van der Waals surface area contributed by atoms with Gasteiger partial charge >= 0.3 is 0 Å². The first-order valence-corrected chi connectivity index (χ1v) is 8.19. The third-order valence-corrected chi connectivity index (χ3v) is 4.41. The largest absolute Gasteiger partial charge is 0.355 e. The van der Waals surface area contributed by atoms with E-state index in [-0.39, 0.29) is 11.9 Å². The smallest absolute Gasteiger partial charge is 0.237 e. The van der Waals surface area contributed by atoms with Crippen LogP contribution in [-0.4, -0.2) is 50.1 Å². The molecular formula is C16H33N3O. The van der Waals surface area contributed by atoms with Crippen molar-refractivity contribution in [1.29, 1.82) is 0 Å². The fourth-order valence-electron chi connectivity index (χ4n) is 2.58. The van der Waals surface area contributed by atoms with Crippen molar-refractivity contribution >= 4 is 5.91 Å². The second-order valence-corrected chi connectivity index (χ2v) is 6.61. The standard InChI is InChI=1S/C16H33N3O/c1-13(2)5-11-18-16(20)14(3)19(4)12-8-15-6-9-17-10-7-15/h13-15,17H,5-12H2,1-4H3,(H,18,20). The van der Waals surface area contributed by atoms with Gasteiger partial charge in [-0.05, 0) is 71.1 Å². The number of piperidine rings is 1. The highest BCUT2D eigenvalue weighted by Gasteiger charge is 2.19. The topological polar surface area (TPSA) is 44.4 Å². The van der Waals surface area contributed by atoms with Crippen LogP contribution in [0.15, 0.2) is 0 Å². The Labute approximate surface area is 124 Å². The summed E-state index contributed by atoms with van der Waals surface area (Å²) in [5.74, 6) is 1.64. The Kier molecular flexibility index (Phi) is 8.15. The highest BCUT2D eigenvalue weighted by molar-refractivity contribution is 5.81. The molecule has 20 heavy (non-hydrogen) atoms. The summed E-state index contributed by atoms with van der Waals surface area (Å²) in [6.45, 7) is 10.5.